The lowest BCUT2D eigenvalue weighted by atomic mass is 10.2. The summed E-state index contributed by atoms with van der Waals surface area (Å²) in [6.45, 7) is 5.12. The van der Waals surface area contributed by atoms with Crippen molar-refractivity contribution in [1.29, 1.82) is 0 Å². The van der Waals surface area contributed by atoms with Crippen LogP contribution in [0.2, 0.25) is 24.7 Å². The fourth-order valence-corrected chi connectivity index (χ4v) is 9.86. The predicted octanol–water partition coefficient (Wildman–Crippen LogP) is 3.25. The molecule has 2 fully saturated rings. The van der Waals surface area contributed by atoms with Crippen molar-refractivity contribution in [2.75, 3.05) is 0 Å². The maximum atomic E-state index is 3.79. The van der Waals surface area contributed by atoms with Gasteiger partial charge in [-0.2, -0.15) is 0 Å². The molecule has 10 heavy (non-hydrogen) atoms. The summed E-state index contributed by atoms with van der Waals surface area (Å²) in [4.78, 5) is 0.927. The highest BCUT2D eigenvalue weighted by atomic mass is 79.9. The van der Waals surface area contributed by atoms with E-state index in [1.54, 1.807) is 6.04 Å². The Morgan fingerprint density at radius 3 is 2.60 bits per heavy atom. The molecule has 2 heteroatoms. The summed E-state index contributed by atoms with van der Waals surface area (Å²) in [7, 11) is -0.730. The summed E-state index contributed by atoms with van der Waals surface area (Å²) in [6.07, 6.45) is 3.03. The van der Waals surface area contributed by atoms with E-state index in [2.05, 4.69) is 29.0 Å². The van der Waals surface area contributed by atoms with E-state index in [1.165, 1.54) is 12.8 Å². The number of fused-ring (bicyclic) bond motifs is 1. The van der Waals surface area contributed by atoms with Gasteiger partial charge in [-0.15, -0.1) is 0 Å². The first kappa shape index (κ1) is 7.35. The van der Waals surface area contributed by atoms with E-state index in [-0.39, 0.29) is 0 Å². The van der Waals surface area contributed by atoms with E-state index >= 15 is 0 Å². The van der Waals surface area contributed by atoms with Crippen LogP contribution in [0.15, 0.2) is 0 Å². The minimum Gasteiger partial charge on any atom is -0.0888 e. The standard InChI is InChI=1S/C8H15BrSi/c1-10(2)5-3-4-6-7(9)8(6)10/h6-8H,3-5H2,1-2H3. The largest absolute Gasteiger partial charge is 0.0888 e. The van der Waals surface area contributed by atoms with Crippen LogP contribution in [0, 0.1) is 5.92 Å². The summed E-state index contributed by atoms with van der Waals surface area (Å²) in [5.41, 5.74) is 1.14. The van der Waals surface area contributed by atoms with Crippen molar-refractivity contribution in [3.8, 4) is 0 Å². The molecule has 3 atom stereocenters. The third-order valence-electron chi connectivity index (χ3n) is 3.33. The second-order valence-electron chi connectivity index (χ2n) is 4.51. The second-order valence-corrected chi connectivity index (χ2v) is 10.7. The molecule has 0 nitrogen and oxygen atoms in total. The average molecular weight is 219 g/mol. The molecular formula is C8H15BrSi. The average Bonchev–Trinajstić information content (AvgIpc) is 2.43. The van der Waals surface area contributed by atoms with Gasteiger partial charge in [-0.05, 0) is 17.9 Å². The molecule has 1 saturated carbocycles. The predicted molar refractivity (Wildman–Crippen MR) is 51.5 cm³/mol. The van der Waals surface area contributed by atoms with Crippen molar-refractivity contribution in [1.82, 2.24) is 0 Å². The number of halogens is 1. The summed E-state index contributed by atoms with van der Waals surface area (Å²) in [5.74, 6) is 1.09. The highest BCUT2D eigenvalue weighted by molar-refractivity contribution is 9.09. The Labute approximate surface area is 72.5 Å². The lowest BCUT2D eigenvalue weighted by Crippen LogP contribution is -2.29. The fraction of sp³-hybridized carbons (Fsp3) is 1.00. The van der Waals surface area contributed by atoms with Gasteiger partial charge in [0.2, 0.25) is 0 Å². The number of alkyl halides is 1. The number of rotatable bonds is 0. The summed E-state index contributed by atoms with van der Waals surface area (Å²) >= 11 is 3.79. The van der Waals surface area contributed by atoms with E-state index in [0.29, 0.717) is 0 Å². The molecular weight excluding hydrogens is 204 g/mol. The minimum absolute atomic E-state index is 0.730. The van der Waals surface area contributed by atoms with Gasteiger partial charge in [-0.1, -0.05) is 41.5 Å². The van der Waals surface area contributed by atoms with Crippen molar-refractivity contribution >= 4 is 24.0 Å². The van der Waals surface area contributed by atoms with Crippen molar-refractivity contribution in [3.63, 3.8) is 0 Å². The van der Waals surface area contributed by atoms with Crippen LogP contribution in [0.3, 0.4) is 0 Å². The Bertz CT molecular complexity index is 155. The summed E-state index contributed by atoms with van der Waals surface area (Å²) in [6, 6.07) is 1.58. The van der Waals surface area contributed by atoms with Crippen molar-refractivity contribution in [2.45, 2.75) is 42.3 Å². The van der Waals surface area contributed by atoms with Crippen LogP contribution in [0.5, 0.6) is 0 Å². The minimum atomic E-state index is -0.730. The molecule has 1 heterocycles. The molecule has 2 aliphatic rings. The van der Waals surface area contributed by atoms with E-state index in [9.17, 15) is 0 Å². The van der Waals surface area contributed by atoms with Gasteiger partial charge in [-0.25, -0.2) is 0 Å². The molecule has 0 aromatic carbocycles. The van der Waals surface area contributed by atoms with Gasteiger partial charge in [0.1, 0.15) is 0 Å². The van der Waals surface area contributed by atoms with Crippen LogP contribution in [0.1, 0.15) is 12.8 Å². The maximum absolute atomic E-state index is 3.79. The quantitative estimate of drug-likeness (QED) is 0.433. The Hall–Kier alpha value is 0.697. The van der Waals surface area contributed by atoms with Crippen molar-refractivity contribution in [3.05, 3.63) is 0 Å². The van der Waals surface area contributed by atoms with Crippen LogP contribution >= 0.6 is 15.9 Å². The lowest BCUT2D eigenvalue weighted by molar-refractivity contribution is 0.672. The number of hydrogen-bond acceptors (Lipinski definition) is 0. The molecule has 58 valence electrons. The Morgan fingerprint density at radius 1 is 1.40 bits per heavy atom. The highest BCUT2D eigenvalue weighted by Gasteiger charge is 2.58. The summed E-state index contributed by atoms with van der Waals surface area (Å²) in [5, 5.41) is 0. The first-order chi connectivity index (χ1) is 4.63. The van der Waals surface area contributed by atoms with Gasteiger partial charge in [0, 0.05) is 4.83 Å². The van der Waals surface area contributed by atoms with Gasteiger partial charge in [0.05, 0.1) is 8.07 Å². The molecule has 3 unspecified atom stereocenters. The van der Waals surface area contributed by atoms with Crippen LogP contribution in [0.4, 0.5) is 0 Å². The van der Waals surface area contributed by atoms with E-state index < -0.39 is 8.07 Å². The first-order valence-corrected chi connectivity index (χ1v) is 8.47. The smallest absolute Gasteiger partial charge is 0.0520 e. The van der Waals surface area contributed by atoms with Crippen molar-refractivity contribution < 1.29 is 0 Å². The Kier molecular flexibility index (Phi) is 1.54. The van der Waals surface area contributed by atoms with E-state index in [4.69, 9.17) is 0 Å². The van der Waals surface area contributed by atoms with Crippen molar-refractivity contribution in [2.24, 2.45) is 5.92 Å². The van der Waals surface area contributed by atoms with Crippen LogP contribution in [-0.2, 0) is 0 Å². The third-order valence-corrected chi connectivity index (χ3v) is 9.30. The third kappa shape index (κ3) is 0.918. The van der Waals surface area contributed by atoms with Gasteiger partial charge < -0.3 is 0 Å². The molecule has 0 bridgehead atoms. The first-order valence-electron chi connectivity index (χ1n) is 4.27. The molecule has 0 aromatic heterocycles. The van der Waals surface area contributed by atoms with Gasteiger partial charge in [0.25, 0.3) is 0 Å². The number of hydrogen-bond donors (Lipinski definition) is 0. The monoisotopic (exact) mass is 218 g/mol. The zero-order valence-corrected chi connectivity index (χ0v) is 9.32. The molecule has 0 N–H and O–H groups in total. The molecule has 0 amide bonds. The second kappa shape index (κ2) is 2.10. The summed E-state index contributed by atoms with van der Waals surface area (Å²) < 4.78 is 0. The molecule has 0 radical (unpaired) electrons. The fourth-order valence-electron chi connectivity index (χ4n) is 2.64. The van der Waals surface area contributed by atoms with E-state index in [1.807, 2.05) is 0 Å². The molecule has 0 aromatic rings. The van der Waals surface area contributed by atoms with Gasteiger partial charge in [-0.3, -0.25) is 0 Å². The maximum Gasteiger partial charge on any atom is 0.0520 e. The SMILES string of the molecule is C[Si]1(C)CCCC2C(Br)C21. The molecule has 1 aliphatic heterocycles. The lowest BCUT2D eigenvalue weighted by Gasteiger charge is -2.26. The highest BCUT2D eigenvalue weighted by Crippen LogP contribution is 2.62. The Morgan fingerprint density at radius 2 is 2.10 bits per heavy atom. The van der Waals surface area contributed by atoms with Gasteiger partial charge in [0.15, 0.2) is 0 Å². The van der Waals surface area contributed by atoms with Crippen LogP contribution in [-0.4, -0.2) is 12.9 Å². The topological polar surface area (TPSA) is 0 Å². The molecule has 1 saturated heterocycles. The van der Waals surface area contributed by atoms with Gasteiger partial charge >= 0.3 is 0 Å². The van der Waals surface area contributed by atoms with E-state index in [0.717, 1.165) is 16.3 Å². The normalized spacial score (nSPS) is 50.1. The van der Waals surface area contributed by atoms with Crippen LogP contribution in [0.25, 0.3) is 0 Å². The zero-order chi connectivity index (χ0) is 7.35. The molecule has 2 rings (SSSR count). The van der Waals surface area contributed by atoms with Crippen LogP contribution < -0.4 is 0 Å². The molecule has 0 spiro atoms. The molecule has 1 aliphatic carbocycles. The zero-order valence-electron chi connectivity index (χ0n) is 6.73. The Balaban J connectivity index is 2.12.